The largest absolute Gasteiger partial charge is 0.459 e. The molecule has 0 saturated heterocycles. The van der Waals surface area contributed by atoms with E-state index in [1.807, 2.05) is 37.5 Å². The van der Waals surface area contributed by atoms with Crippen molar-refractivity contribution in [2.45, 2.75) is 39.8 Å². The summed E-state index contributed by atoms with van der Waals surface area (Å²) in [4.78, 5) is 8.53. The molecule has 3 rings (SSSR count). The molecule has 0 saturated carbocycles. The molecule has 0 spiro atoms. The Morgan fingerprint density at radius 2 is 2.04 bits per heavy atom. The van der Waals surface area contributed by atoms with Crippen molar-refractivity contribution >= 4 is 16.9 Å². The number of aliphatic imine (C=N–C) groups is 1. The monoisotopic (exact) mass is 353 g/mol. The fourth-order valence-electron chi connectivity index (χ4n) is 3.03. The number of benzene rings is 1. The average molecular weight is 353 g/mol. The summed E-state index contributed by atoms with van der Waals surface area (Å²) >= 11 is 0. The van der Waals surface area contributed by atoms with Crippen LogP contribution in [0.3, 0.4) is 0 Å². The summed E-state index contributed by atoms with van der Waals surface area (Å²) in [6.07, 6.45) is 6.05. The third kappa shape index (κ3) is 4.25. The normalized spacial score (nSPS) is 11.9. The van der Waals surface area contributed by atoms with Gasteiger partial charge < -0.3 is 19.6 Å². The molecule has 26 heavy (non-hydrogen) atoms. The van der Waals surface area contributed by atoms with Crippen LogP contribution in [0.15, 0.2) is 46.1 Å². The number of hydrogen-bond donors (Lipinski definition) is 2. The summed E-state index contributed by atoms with van der Waals surface area (Å²) < 4.78 is 8.11. The number of nitrogens with zero attached hydrogens (tertiary/aromatic N) is 3. The molecule has 0 fully saturated rings. The van der Waals surface area contributed by atoms with Gasteiger partial charge in [-0.1, -0.05) is 18.2 Å². The Bertz CT molecular complexity index is 877. The van der Waals surface area contributed by atoms with E-state index >= 15 is 0 Å². The van der Waals surface area contributed by atoms with Gasteiger partial charge in [-0.05, 0) is 32.8 Å². The van der Waals surface area contributed by atoms with Crippen molar-refractivity contribution in [3.05, 3.63) is 53.8 Å². The highest BCUT2D eigenvalue weighted by molar-refractivity contribution is 5.82. The van der Waals surface area contributed by atoms with Crippen LogP contribution in [0.2, 0.25) is 0 Å². The number of guanidine groups is 1. The first-order chi connectivity index (χ1) is 12.7. The standard InChI is InChI=1S/C20H27N5O/c1-15-17-8-4-5-9-18(17)26-19(15)14-24-20(21-3)23-10-6-7-12-25-13-11-22-16(25)2/h4-5,8-9,11,13H,6-7,10,12,14H2,1-3H3,(H2,21,23,24). The maximum absolute atomic E-state index is 5.94. The molecule has 0 amide bonds. The van der Waals surface area contributed by atoms with Crippen LogP contribution in [0.4, 0.5) is 0 Å². The Morgan fingerprint density at radius 3 is 2.77 bits per heavy atom. The number of aryl methyl sites for hydroxylation is 3. The van der Waals surface area contributed by atoms with Gasteiger partial charge in [0.2, 0.25) is 0 Å². The molecule has 138 valence electrons. The second-order valence-electron chi connectivity index (χ2n) is 6.37. The van der Waals surface area contributed by atoms with E-state index in [1.54, 1.807) is 7.05 Å². The van der Waals surface area contributed by atoms with Crippen molar-refractivity contribution in [1.29, 1.82) is 0 Å². The molecule has 2 aromatic heterocycles. The zero-order valence-corrected chi connectivity index (χ0v) is 15.7. The van der Waals surface area contributed by atoms with E-state index in [0.717, 1.165) is 49.1 Å². The van der Waals surface area contributed by atoms with Crippen LogP contribution in [-0.4, -0.2) is 29.1 Å². The fourth-order valence-corrected chi connectivity index (χ4v) is 3.03. The topological polar surface area (TPSA) is 67.4 Å². The van der Waals surface area contributed by atoms with Crippen molar-refractivity contribution in [2.24, 2.45) is 4.99 Å². The van der Waals surface area contributed by atoms with Crippen molar-refractivity contribution < 1.29 is 4.42 Å². The predicted molar refractivity (Wildman–Crippen MR) is 105 cm³/mol. The van der Waals surface area contributed by atoms with Gasteiger partial charge in [0.05, 0.1) is 6.54 Å². The SMILES string of the molecule is CN=C(NCCCCn1ccnc1C)NCc1oc2ccccc2c1C. The number of para-hydroxylation sites is 1. The van der Waals surface area contributed by atoms with E-state index in [9.17, 15) is 0 Å². The number of rotatable bonds is 7. The summed E-state index contributed by atoms with van der Waals surface area (Å²) in [7, 11) is 1.79. The van der Waals surface area contributed by atoms with Crippen LogP contribution in [0.1, 0.15) is 30.0 Å². The first kappa shape index (κ1) is 18.0. The quantitative estimate of drug-likeness (QED) is 0.388. The number of unbranched alkanes of at least 4 members (excludes halogenated alkanes) is 1. The van der Waals surface area contributed by atoms with Gasteiger partial charge >= 0.3 is 0 Å². The maximum atomic E-state index is 5.94. The Morgan fingerprint density at radius 1 is 1.19 bits per heavy atom. The van der Waals surface area contributed by atoms with Crippen LogP contribution in [0, 0.1) is 13.8 Å². The van der Waals surface area contributed by atoms with Crippen molar-refractivity contribution in [3.8, 4) is 0 Å². The molecule has 0 aliphatic heterocycles. The smallest absolute Gasteiger partial charge is 0.191 e. The number of hydrogen-bond acceptors (Lipinski definition) is 3. The van der Waals surface area contributed by atoms with Crippen LogP contribution >= 0.6 is 0 Å². The lowest BCUT2D eigenvalue weighted by Gasteiger charge is -2.11. The van der Waals surface area contributed by atoms with Gasteiger partial charge in [0, 0.05) is 43.5 Å². The number of furan rings is 1. The van der Waals surface area contributed by atoms with Crippen LogP contribution in [-0.2, 0) is 13.1 Å². The summed E-state index contributed by atoms with van der Waals surface area (Å²) in [5.74, 6) is 2.81. The number of aromatic nitrogens is 2. The molecule has 0 bridgehead atoms. The maximum Gasteiger partial charge on any atom is 0.191 e. The molecular weight excluding hydrogens is 326 g/mol. The second kappa shape index (κ2) is 8.56. The van der Waals surface area contributed by atoms with Gasteiger partial charge in [0.25, 0.3) is 0 Å². The minimum atomic E-state index is 0.619. The molecule has 0 radical (unpaired) electrons. The second-order valence-corrected chi connectivity index (χ2v) is 6.37. The minimum Gasteiger partial charge on any atom is -0.459 e. The lowest BCUT2D eigenvalue weighted by Crippen LogP contribution is -2.37. The molecule has 0 aliphatic carbocycles. The summed E-state index contributed by atoms with van der Waals surface area (Å²) in [6, 6.07) is 8.12. The molecule has 0 aliphatic rings. The summed E-state index contributed by atoms with van der Waals surface area (Å²) in [6.45, 7) is 6.62. The van der Waals surface area contributed by atoms with E-state index in [-0.39, 0.29) is 0 Å². The molecule has 2 heterocycles. The Labute approximate surface area is 154 Å². The Kier molecular flexibility index (Phi) is 5.94. The Balaban J connectivity index is 1.43. The van der Waals surface area contributed by atoms with Gasteiger partial charge in [-0.15, -0.1) is 0 Å². The molecule has 0 atom stereocenters. The van der Waals surface area contributed by atoms with Crippen molar-refractivity contribution in [2.75, 3.05) is 13.6 Å². The lowest BCUT2D eigenvalue weighted by atomic mass is 10.1. The highest BCUT2D eigenvalue weighted by Gasteiger charge is 2.10. The van der Waals surface area contributed by atoms with Gasteiger partial charge in [0.1, 0.15) is 17.2 Å². The third-order valence-corrected chi connectivity index (χ3v) is 4.62. The van der Waals surface area contributed by atoms with Crippen LogP contribution < -0.4 is 10.6 Å². The summed E-state index contributed by atoms with van der Waals surface area (Å²) in [5, 5.41) is 7.86. The number of imidazole rings is 1. The molecule has 3 aromatic rings. The number of fused-ring (bicyclic) bond motifs is 1. The van der Waals surface area contributed by atoms with Gasteiger partial charge in [-0.3, -0.25) is 4.99 Å². The molecule has 6 heteroatoms. The molecule has 6 nitrogen and oxygen atoms in total. The zero-order chi connectivity index (χ0) is 18.4. The molecule has 2 N–H and O–H groups in total. The highest BCUT2D eigenvalue weighted by Crippen LogP contribution is 2.24. The highest BCUT2D eigenvalue weighted by atomic mass is 16.3. The minimum absolute atomic E-state index is 0.619. The molecule has 0 unspecified atom stereocenters. The average Bonchev–Trinajstić information content (AvgIpc) is 3.21. The van der Waals surface area contributed by atoms with E-state index in [2.05, 4.69) is 38.2 Å². The number of nitrogens with one attached hydrogen (secondary N) is 2. The third-order valence-electron chi connectivity index (χ3n) is 4.62. The van der Waals surface area contributed by atoms with Crippen LogP contribution in [0.5, 0.6) is 0 Å². The van der Waals surface area contributed by atoms with Crippen molar-refractivity contribution in [3.63, 3.8) is 0 Å². The zero-order valence-electron chi connectivity index (χ0n) is 15.7. The lowest BCUT2D eigenvalue weighted by molar-refractivity contribution is 0.533. The Hall–Kier alpha value is -2.76. The van der Waals surface area contributed by atoms with Gasteiger partial charge in [-0.25, -0.2) is 4.98 Å². The first-order valence-corrected chi connectivity index (χ1v) is 9.08. The van der Waals surface area contributed by atoms with E-state index < -0.39 is 0 Å². The predicted octanol–water partition coefficient (Wildman–Crippen LogP) is 3.39. The van der Waals surface area contributed by atoms with Crippen LogP contribution in [0.25, 0.3) is 11.0 Å². The first-order valence-electron chi connectivity index (χ1n) is 9.08. The summed E-state index contributed by atoms with van der Waals surface area (Å²) in [5.41, 5.74) is 2.11. The van der Waals surface area contributed by atoms with Crippen molar-refractivity contribution in [1.82, 2.24) is 20.2 Å². The van der Waals surface area contributed by atoms with E-state index in [0.29, 0.717) is 6.54 Å². The molecule has 1 aromatic carbocycles. The fraction of sp³-hybridized carbons (Fsp3) is 0.400. The van der Waals surface area contributed by atoms with E-state index in [1.165, 1.54) is 10.9 Å². The van der Waals surface area contributed by atoms with E-state index in [4.69, 9.17) is 4.42 Å². The van der Waals surface area contributed by atoms with Gasteiger partial charge in [0.15, 0.2) is 5.96 Å². The van der Waals surface area contributed by atoms with Gasteiger partial charge in [-0.2, -0.15) is 0 Å². The molecular formula is C20H27N5O.